The summed E-state index contributed by atoms with van der Waals surface area (Å²) in [5.41, 5.74) is 5.23. The van der Waals surface area contributed by atoms with Gasteiger partial charge in [0.05, 0.1) is 0 Å². The van der Waals surface area contributed by atoms with Gasteiger partial charge in [0, 0.05) is 6.20 Å². The first-order valence-electron chi connectivity index (χ1n) is 4.56. The van der Waals surface area contributed by atoms with E-state index in [2.05, 4.69) is 4.99 Å². The first-order chi connectivity index (χ1) is 7.60. The number of ether oxygens (including phenoxy) is 1. The fourth-order valence-corrected chi connectivity index (χ4v) is 2.06. The minimum Gasteiger partial charge on any atom is -0.488 e. The Morgan fingerprint density at radius 2 is 1.94 bits per heavy atom. The quantitative estimate of drug-likeness (QED) is 0.838. The summed E-state index contributed by atoms with van der Waals surface area (Å²) >= 11 is 0. The molecule has 1 heterocycles. The van der Waals surface area contributed by atoms with Gasteiger partial charge in [-0.05, 0) is 12.1 Å². The molecule has 84 valence electrons. The molecule has 0 aromatic heterocycles. The molecule has 1 aromatic carbocycles. The summed E-state index contributed by atoms with van der Waals surface area (Å²) in [6.07, 6.45) is 1.22. The molecule has 1 aliphatic heterocycles. The Hall–Kier alpha value is -1.82. The molecule has 2 N–H and O–H groups in total. The highest BCUT2D eigenvalue weighted by Crippen LogP contribution is 2.17. The number of aliphatic imine (C=N–C) groups is 1. The third kappa shape index (κ3) is 1.92. The van der Waals surface area contributed by atoms with Gasteiger partial charge in [-0.15, -0.1) is 0 Å². The molecule has 0 radical (unpaired) electrons. The topological polar surface area (TPSA) is 81.8 Å². The van der Waals surface area contributed by atoms with Gasteiger partial charge in [-0.25, -0.2) is 13.4 Å². The van der Waals surface area contributed by atoms with E-state index in [1.54, 1.807) is 24.3 Å². The van der Waals surface area contributed by atoms with E-state index in [4.69, 9.17) is 10.5 Å². The molecule has 1 aromatic rings. The van der Waals surface area contributed by atoms with Gasteiger partial charge in [0.2, 0.25) is 15.0 Å². The van der Waals surface area contributed by atoms with Crippen LogP contribution in [0.5, 0.6) is 5.75 Å². The lowest BCUT2D eigenvalue weighted by Gasteiger charge is -2.06. The van der Waals surface area contributed by atoms with E-state index >= 15 is 0 Å². The maximum Gasteiger partial charge on any atom is 0.240 e. The smallest absolute Gasteiger partial charge is 0.240 e. The predicted octanol–water partition coefficient (Wildman–Crippen LogP) is 0.650. The molecule has 0 saturated carbocycles. The molecule has 0 amide bonds. The number of para-hydroxylation sites is 1. The summed E-state index contributed by atoms with van der Waals surface area (Å²) in [6.45, 7) is -0.0590. The Morgan fingerprint density at radius 1 is 1.25 bits per heavy atom. The number of hydrogen-bond acceptors (Lipinski definition) is 5. The molecule has 0 unspecified atom stereocenters. The zero-order valence-electron chi connectivity index (χ0n) is 8.33. The van der Waals surface area contributed by atoms with E-state index in [0.717, 1.165) is 0 Å². The molecule has 0 aliphatic carbocycles. The molecule has 1 aliphatic rings. The molecule has 0 atom stereocenters. The molecule has 0 spiro atoms. The minimum atomic E-state index is -3.57. The Kier molecular flexibility index (Phi) is 2.66. The lowest BCUT2D eigenvalue weighted by Crippen LogP contribution is -2.23. The van der Waals surface area contributed by atoms with Gasteiger partial charge in [-0.2, -0.15) is 0 Å². The van der Waals surface area contributed by atoms with Crippen molar-refractivity contribution in [1.29, 1.82) is 0 Å². The van der Waals surface area contributed by atoms with Gasteiger partial charge in [0.25, 0.3) is 0 Å². The van der Waals surface area contributed by atoms with E-state index in [1.807, 2.05) is 6.07 Å². The zero-order chi connectivity index (χ0) is 11.6. The lowest BCUT2D eigenvalue weighted by atomic mass is 10.3. The standard InChI is InChI=1S/C10H10N2O3S/c11-10-12-6-9(16(10,13)14)7-15-8-4-2-1-3-5-8/h1-6H,7H2,(H2,11,12). The van der Waals surface area contributed by atoms with Crippen molar-refractivity contribution in [2.45, 2.75) is 0 Å². The van der Waals surface area contributed by atoms with Gasteiger partial charge < -0.3 is 10.5 Å². The van der Waals surface area contributed by atoms with Crippen LogP contribution in [0.1, 0.15) is 0 Å². The number of benzene rings is 1. The van der Waals surface area contributed by atoms with E-state index < -0.39 is 9.84 Å². The van der Waals surface area contributed by atoms with Crippen LogP contribution in [0.2, 0.25) is 0 Å². The first kappa shape index (κ1) is 10.7. The summed E-state index contributed by atoms with van der Waals surface area (Å²) in [6, 6.07) is 8.94. The molecule has 0 fully saturated rings. The van der Waals surface area contributed by atoms with Crippen molar-refractivity contribution in [3.8, 4) is 5.75 Å². The average molecular weight is 238 g/mol. The summed E-state index contributed by atoms with van der Waals surface area (Å²) in [5, 5.41) is -0.376. The predicted molar refractivity (Wildman–Crippen MR) is 60.6 cm³/mol. The highest BCUT2D eigenvalue weighted by Gasteiger charge is 2.27. The second-order valence-corrected chi connectivity index (χ2v) is 5.12. The van der Waals surface area contributed by atoms with Gasteiger partial charge in [-0.3, -0.25) is 0 Å². The normalized spacial score (nSPS) is 17.8. The molecule has 2 rings (SSSR count). The summed E-state index contributed by atoms with van der Waals surface area (Å²) < 4.78 is 28.3. The SMILES string of the molecule is NC1=NC=C(COc2ccccc2)S1(=O)=O. The van der Waals surface area contributed by atoms with Crippen LogP contribution in [-0.4, -0.2) is 20.2 Å². The fourth-order valence-electron chi connectivity index (χ4n) is 1.19. The highest BCUT2D eigenvalue weighted by molar-refractivity contribution is 8.09. The number of rotatable bonds is 3. The Bertz CT molecular complexity index is 547. The van der Waals surface area contributed by atoms with Crippen LogP contribution in [0.4, 0.5) is 0 Å². The number of nitrogens with zero attached hydrogens (tertiary/aromatic N) is 1. The lowest BCUT2D eigenvalue weighted by molar-refractivity contribution is 0.358. The van der Waals surface area contributed by atoms with Gasteiger partial charge in [-0.1, -0.05) is 18.2 Å². The highest BCUT2D eigenvalue weighted by atomic mass is 32.2. The third-order valence-corrected chi connectivity index (χ3v) is 3.65. The number of amidine groups is 1. The fraction of sp³-hybridized carbons (Fsp3) is 0.100. The number of sulfone groups is 1. The second kappa shape index (κ2) is 3.97. The van der Waals surface area contributed by atoms with Crippen LogP contribution >= 0.6 is 0 Å². The first-order valence-corrected chi connectivity index (χ1v) is 6.04. The van der Waals surface area contributed by atoms with Crippen molar-refractivity contribution in [2.24, 2.45) is 10.7 Å². The van der Waals surface area contributed by atoms with Crippen LogP contribution in [0.25, 0.3) is 0 Å². The minimum absolute atomic E-state index is 0.0590. The maximum absolute atomic E-state index is 11.5. The van der Waals surface area contributed by atoms with E-state index in [-0.39, 0.29) is 16.7 Å². The summed E-state index contributed by atoms with van der Waals surface area (Å²) in [7, 11) is -3.57. The van der Waals surface area contributed by atoms with Crippen LogP contribution in [0, 0.1) is 0 Å². The Balaban J connectivity index is 2.05. The molecule has 0 saturated heterocycles. The molecule has 6 heteroatoms. The zero-order valence-corrected chi connectivity index (χ0v) is 9.15. The monoisotopic (exact) mass is 238 g/mol. The van der Waals surface area contributed by atoms with Gasteiger partial charge in [0.15, 0.2) is 0 Å². The van der Waals surface area contributed by atoms with Crippen molar-refractivity contribution >= 4 is 15.0 Å². The Labute approximate surface area is 93.2 Å². The van der Waals surface area contributed by atoms with Crippen LogP contribution < -0.4 is 10.5 Å². The summed E-state index contributed by atoms with van der Waals surface area (Å²) in [5.74, 6) is 0.601. The van der Waals surface area contributed by atoms with Crippen LogP contribution in [0.15, 0.2) is 46.4 Å². The van der Waals surface area contributed by atoms with Crippen molar-refractivity contribution in [3.63, 3.8) is 0 Å². The molecular weight excluding hydrogens is 228 g/mol. The summed E-state index contributed by atoms with van der Waals surface area (Å²) in [4.78, 5) is 3.62. The van der Waals surface area contributed by atoms with Gasteiger partial charge in [0.1, 0.15) is 17.3 Å². The second-order valence-electron chi connectivity index (χ2n) is 3.17. The van der Waals surface area contributed by atoms with E-state index in [0.29, 0.717) is 5.75 Å². The van der Waals surface area contributed by atoms with Crippen LogP contribution in [-0.2, 0) is 9.84 Å². The molecule has 16 heavy (non-hydrogen) atoms. The molecular formula is C10H10N2O3S. The molecule has 5 nitrogen and oxygen atoms in total. The molecule has 0 bridgehead atoms. The van der Waals surface area contributed by atoms with E-state index in [9.17, 15) is 8.42 Å². The average Bonchev–Trinajstić information content (AvgIpc) is 2.53. The number of nitrogens with two attached hydrogens (primary N) is 1. The van der Waals surface area contributed by atoms with Crippen LogP contribution in [0.3, 0.4) is 0 Å². The van der Waals surface area contributed by atoms with Crippen molar-refractivity contribution < 1.29 is 13.2 Å². The number of hydrogen-bond donors (Lipinski definition) is 1. The van der Waals surface area contributed by atoms with Gasteiger partial charge >= 0.3 is 0 Å². The van der Waals surface area contributed by atoms with Crippen molar-refractivity contribution in [3.05, 3.63) is 41.4 Å². The third-order valence-electron chi connectivity index (χ3n) is 2.08. The van der Waals surface area contributed by atoms with E-state index in [1.165, 1.54) is 6.20 Å². The Morgan fingerprint density at radius 3 is 2.50 bits per heavy atom. The van der Waals surface area contributed by atoms with Crippen molar-refractivity contribution in [1.82, 2.24) is 0 Å². The van der Waals surface area contributed by atoms with Crippen molar-refractivity contribution in [2.75, 3.05) is 6.61 Å². The largest absolute Gasteiger partial charge is 0.488 e. The maximum atomic E-state index is 11.5.